The van der Waals surface area contributed by atoms with Gasteiger partial charge in [0.15, 0.2) is 0 Å². The smallest absolute Gasteiger partial charge is 0.125 e. The standard InChI is InChI=1S/C6H6ClN2/c1-4-2-5(7)3-6(8)9-4/h3H,1H3,(H2,8,9). The molecule has 0 aliphatic heterocycles. The van der Waals surface area contributed by atoms with Crippen LogP contribution in [0.15, 0.2) is 6.07 Å². The van der Waals surface area contributed by atoms with Crippen molar-refractivity contribution in [2.45, 2.75) is 6.92 Å². The van der Waals surface area contributed by atoms with Gasteiger partial charge in [-0.3, -0.25) is 0 Å². The molecule has 1 aromatic rings. The number of nitrogens with two attached hydrogens (primary N) is 1. The van der Waals surface area contributed by atoms with E-state index in [1.165, 1.54) is 0 Å². The van der Waals surface area contributed by atoms with Gasteiger partial charge in [-0.15, -0.1) is 0 Å². The molecular weight excluding hydrogens is 136 g/mol. The number of anilines is 1. The molecule has 0 aliphatic carbocycles. The molecule has 1 aromatic heterocycles. The van der Waals surface area contributed by atoms with Crippen molar-refractivity contribution in [3.05, 3.63) is 22.8 Å². The van der Waals surface area contributed by atoms with Crippen LogP contribution in [0.25, 0.3) is 0 Å². The monoisotopic (exact) mass is 141 g/mol. The second-order valence-corrected chi connectivity index (χ2v) is 2.15. The Bertz CT molecular complexity index is 172. The van der Waals surface area contributed by atoms with Gasteiger partial charge in [-0.25, -0.2) is 4.98 Å². The summed E-state index contributed by atoms with van der Waals surface area (Å²) in [4.78, 5) is 3.87. The van der Waals surface area contributed by atoms with Gasteiger partial charge in [0.25, 0.3) is 0 Å². The third kappa shape index (κ3) is 1.57. The molecule has 0 saturated heterocycles. The van der Waals surface area contributed by atoms with Crippen LogP contribution < -0.4 is 5.73 Å². The molecule has 0 amide bonds. The van der Waals surface area contributed by atoms with Crippen LogP contribution in [0.1, 0.15) is 5.69 Å². The Hall–Kier alpha value is -0.760. The van der Waals surface area contributed by atoms with E-state index in [2.05, 4.69) is 11.1 Å². The van der Waals surface area contributed by atoms with E-state index >= 15 is 0 Å². The molecule has 3 heteroatoms. The van der Waals surface area contributed by atoms with Crippen LogP contribution >= 0.6 is 11.6 Å². The van der Waals surface area contributed by atoms with Crippen molar-refractivity contribution in [1.29, 1.82) is 0 Å². The van der Waals surface area contributed by atoms with Crippen LogP contribution in [0, 0.1) is 13.0 Å². The second kappa shape index (κ2) is 2.23. The van der Waals surface area contributed by atoms with Crippen molar-refractivity contribution < 1.29 is 0 Å². The van der Waals surface area contributed by atoms with Gasteiger partial charge >= 0.3 is 0 Å². The van der Waals surface area contributed by atoms with Gasteiger partial charge in [0, 0.05) is 11.8 Å². The summed E-state index contributed by atoms with van der Waals surface area (Å²) in [6, 6.07) is 4.35. The van der Waals surface area contributed by atoms with E-state index in [4.69, 9.17) is 17.3 Å². The lowest BCUT2D eigenvalue weighted by Gasteiger charge is -1.93. The molecule has 1 rings (SSSR count). The lowest BCUT2D eigenvalue weighted by atomic mass is 10.4. The van der Waals surface area contributed by atoms with Crippen molar-refractivity contribution >= 4 is 17.4 Å². The Morgan fingerprint density at radius 3 is 2.89 bits per heavy atom. The SMILES string of the molecule is Cc1[c]c(Cl)cc(N)n1. The number of hydrogen-bond donors (Lipinski definition) is 1. The minimum Gasteiger partial charge on any atom is -0.384 e. The zero-order valence-electron chi connectivity index (χ0n) is 4.98. The Labute approximate surface area is 58.7 Å². The molecule has 0 aliphatic rings. The number of pyridine rings is 1. The highest BCUT2D eigenvalue weighted by Crippen LogP contribution is 2.10. The molecule has 1 radical (unpaired) electrons. The summed E-state index contributed by atoms with van der Waals surface area (Å²) in [7, 11) is 0. The topological polar surface area (TPSA) is 38.9 Å². The lowest BCUT2D eigenvalue weighted by Crippen LogP contribution is -1.91. The predicted molar refractivity (Wildman–Crippen MR) is 37.2 cm³/mol. The van der Waals surface area contributed by atoms with E-state index in [1.54, 1.807) is 13.0 Å². The van der Waals surface area contributed by atoms with E-state index < -0.39 is 0 Å². The lowest BCUT2D eigenvalue weighted by molar-refractivity contribution is 1.20. The third-order valence-corrected chi connectivity index (χ3v) is 1.08. The van der Waals surface area contributed by atoms with Gasteiger partial charge < -0.3 is 5.73 Å². The van der Waals surface area contributed by atoms with Crippen LogP contribution in [0.4, 0.5) is 5.82 Å². The number of aryl methyl sites for hydroxylation is 1. The summed E-state index contributed by atoms with van der Waals surface area (Å²) < 4.78 is 0. The van der Waals surface area contributed by atoms with Crippen LogP contribution in [0.5, 0.6) is 0 Å². The second-order valence-electron chi connectivity index (χ2n) is 1.74. The molecule has 0 atom stereocenters. The first-order valence-electron chi connectivity index (χ1n) is 2.50. The highest BCUT2D eigenvalue weighted by Gasteiger charge is 1.92. The number of nitrogen functional groups attached to an aromatic ring is 1. The first kappa shape index (κ1) is 6.36. The molecule has 1 heterocycles. The maximum absolute atomic E-state index is 5.57. The summed E-state index contributed by atoms with van der Waals surface area (Å²) in [6.45, 7) is 1.79. The van der Waals surface area contributed by atoms with Gasteiger partial charge in [-0.05, 0) is 13.0 Å². The molecule has 0 saturated carbocycles. The normalized spacial score (nSPS) is 9.56. The third-order valence-electron chi connectivity index (χ3n) is 0.872. The van der Waals surface area contributed by atoms with Gasteiger partial charge in [0.05, 0.1) is 5.02 Å². The van der Waals surface area contributed by atoms with Gasteiger partial charge in [0.1, 0.15) is 5.82 Å². The van der Waals surface area contributed by atoms with Crippen molar-refractivity contribution in [2.75, 3.05) is 5.73 Å². The zero-order chi connectivity index (χ0) is 6.85. The molecule has 0 aromatic carbocycles. The number of hydrogen-bond acceptors (Lipinski definition) is 2. The largest absolute Gasteiger partial charge is 0.384 e. The van der Waals surface area contributed by atoms with Crippen molar-refractivity contribution in [3.8, 4) is 0 Å². The maximum atomic E-state index is 5.57. The van der Waals surface area contributed by atoms with Crippen LogP contribution in [0.2, 0.25) is 5.02 Å². The predicted octanol–water partition coefficient (Wildman–Crippen LogP) is 1.43. The van der Waals surface area contributed by atoms with Crippen molar-refractivity contribution in [2.24, 2.45) is 0 Å². The highest BCUT2D eigenvalue weighted by molar-refractivity contribution is 6.30. The molecule has 2 nitrogen and oxygen atoms in total. The van der Waals surface area contributed by atoms with Crippen molar-refractivity contribution in [3.63, 3.8) is 0 Å². The Balaban J connectivity index is 3.17. The average Bonchev–Trinajstić information content (AvgIpc) is 1.59. The number of aromatic nitrogens is 1. The van der Waals surface area contributed by atoms with Gasteiger partial charge in [-0.1, -0.05) is 11.6 Å². The first-order chi connectivity index (χ1) is 4.18. The summed E-state index contributed by atoms with van der Waals surface area (Å²) in [5.41, 5.74) is 6.07. The molecule has 0 unspecified atom stereocenters. The summed E-state index contributed by atoms with van der Waals surface area (Å²) in [5, 5.41) is 0.514. The fraction of sp³-hybridized carbons (Fsp3) is 0.167. The summed E-state index contributed by atoms with van der Waals surface area (Å²) in [5.74, 6) is 0.441. The highest BCUT2D eigenvalue weighted by atomic mass is 35.5. The quantitative estimate of drug-likeness (QED) is 0.594. The Kier molecular flexibility index (Phi) is 1.58. The van der Waals surface area contributed by atoms with Crippen molar-refractivity contribution in [1.82, 2.24) is 4.98 Å². The zero-order valence-corrected chi connectivity index (χ0v) is 5.74. The maximum Gasteiger partial charge on any atom is 0.125 e. The Morgan fingerprint density at radius 2 is 2.44 bits per heavy atom. The molecule has 0 fully saturated rings. The minimum atomic E-state index is 0.441. The average molecular weight is 142 g/mol. The molecule has 47 valence electrons. The minimum absolute atomic E-state index is 0.441. The first-order valence-corrected chi connectivity index (χ1v) is 2.88. The number of nitrogens with zero attached hydrogens (tertiary/aromatic N) is 1. The molecular formula is C6H6ClN2. The van der Waals surface area contributed by atoms with E-state index in [0.29, 0.717) is 10.8 Å². The molecule has 9 heavy (non-hydrogen) atoms. The van der Waals surface area contributed by atoms with E-state index in [1.807, 2.05) is 0 Å². The van der Waals surface area contributed by atoms with E-state index in [9.17, 15) is 0 Å². The number of rotatable bonds is 0. The Morgan fingerprint density at radius 1 is 1.78 bits per heavy atom. The number of halogens is 1. The van der Waals surface area contributed by atoms with Crippen LogP contribution in [-0.4, -0.2) is 4.98 Å². The van der Waals surface area contributed by atoms with E-state index in [-0.39, 0.29) is 0 Å². The van der Waals surface area contributed by atoms with Crippen LogP contribution in [-0.2, 0) is 0 Å². The summed E-state index contributed by atoms with van der Waals surface area (Å²) >= 11 is 5.57. The van der Waals surface area contributed by atoms with Gasteiger partial charge in [0.2, 0.25) is 0 Å². The van der Waals surface area contributed by atoms with Crippen LogP contribution in [0.3, 0.4) is 0 Å². The molecule has 0 spiro atoms. The van der Waals surface area contributed by atoms with E-state index in [0.717, 1.165) is 5.69 Å². The molecule has 2 N–H and O–H groups in total. The molecule has 0 bridgehead atoms. The fourth-order valence-corrected chi connectivity index (χ4v) is 0.841. The fourth-order valence-electron chi connectivity index (χ4n) is 0.593. The van der Waals surface area contributed by atoms with Gasteiger partial charge in [-0.2, -0.15) is 0 Å². The summed E-state index contributed by atoms with van der Waals surface area (Å²) in [6.07, 6.45) is 0.